The Labute approximate surface area is 319 Å². The molecule has 9 heteroatoms. The maximum atomic E-state index is 12.4. The average molecular weight is 755 g/mol. The molecule has 0 rings (SSSR count). The highest BCUT2D eigenvalue weighted by molar-refractivity contribution is 7.46. The van der Waals surface area contributed by atoms with E-state index in [2.05, 4.69) is 54.8 Å². The van der Waals surface area contributed by atoms with Crippen molar-refractivity contribution in [3.8, 4) is 0 Å². The van der Waals surface area contributed by atoms with Crippen LogP contribution in [0.15, 0.2) is 36.5 Å². The van der Waals surface area contributed by atoms with Gasteiger partial charge in [-0.25, -0.2) is 4.57 Å². The molecule has 8 nitrogen and oxygen atoms in total. The van der Waals surface area contributed by atoms with Crippen LogP contribution >= 0.6 is 7.82 Å². The second kappa shape index (κ2) is 39.0. The summed E-state index contributed by atoms with van der Waals surface area (Å²) in [6, 6.07) is 0. The van der Waals surface area contributed by atoms with E-state index in [1.54, 1.807) is 0 Å². The number of hydrogen-bond acceptors (Lipinski definition) is 6. The molecule has 0 radical (unpaired) electrons. The minimum atomic E-state index is -4.76. The summed E-state index contributed by atoms with van der Waals surface area (Å²) in [4.78, 5) is 42.8. The minimum Gasteiger partial charge on any atom is -0.462 e. The lowest BCUT2D eigenvalue weighted by atomic mass is 10.1. The third kappa shape index (κ3) is 41.0. The fourth-order valence-electron chi connectivity index (χ4n) is 5.93. The maximum absolute atomic E-state index is 12.4. The van der Waals surface area contributed by atoms with Gasteiger partial charge >= 0.3 is 19.8 Å². The molecule has 304 valence electrons. The zero-order valence-corrected chi connectivity index (χ0v) is 34.4. The van der Waals surface area contributed by atoms with Gasteiger partial charge in [0.25, 0.3) is 0 Å². The first-order chi connectivity index (χ1) is 25.3. The molecular formula is C43H79O8P. The van der Waals surface area contributed by atoms with Gasteiger partial charge in [-0.05, 0) is 70.6 Å². The monoisotopic (exact) mass is 755 g/mol. The van der Waals surface area contributed by atoms with E-state index in [1.807, 2.05) is 0 Å². The van der Waals surface area contributed by atoms with Crippen molar-refractivity contribution in [1.82, 2.24) is 0 Å². The molecule has 0 aliphatic rings. The molecule has 0 aliphatic carbocycles. The summed E-state index contributed by atoms with van der Waals surface area (Å²) in [6.07, 6.45) is 45.8. The summed E-state index contributed by atoms with van der Waals surface area (Å²) < 4.78 is 26.4. The Morgan fingerprint density at radius 1 is 0.500 bits per heavy atom. The molecule has 0 fully saturated rings. The molecule has 1 atom stereocenters. The number of ether oxygens (including phenoxy) is 2. The molecule has 0 aromatic carbocycles. The number of unbranched alkanes of at least 4 members (excludes halogenated alkanes) is 23. The van der Waals surface area contributed by atoms with E-state index >= 15 is 0 Å². The normalized spacial score (nSPS) is 12.8. The standard InChI is InChI=1S/C43H79O8P/c1-3-5-7-9-11-13-15-17-19-20-21-22-24-25-27-29-31-33-35-37-42(44)49-39-41(40-50-52(46,47)48)51-43(45)38-36-34-32-30-28-26-23-18-16-14-12-10-8-6-4-2/h11,13,17,19,28,30,41H,3-10,12,14-16,18,20-27,29,31-40H2,1-2H3,(H2,46,47,48)/b13-11+,19-17+,30-28+/t41-/m1/s1. The Hall–Kier alpha value is -1.73. The molecule has 2 N–H and O–H groups in total. The third-order valence-corrected chi connectivity index (χ3v) is 9.62. The van der Waals surface area contributed by atoms with Gasteiger partial charge in [-0.1, -0.05) is 159 Å². The second-order valence-corrected chi connectivity index (χ2v) is 15.5. The van der Waals surface area contributed by atoms with Crippen LogP contribution in [0.2, 0.25) is 0 Å². The molecule has 0 aliphatic heterocycles. The minimum absolute atomic E-state index is 0.182. The van der Waals surface area contributed by atoms with E-state index < -0.39 is 32.5 Å². The number of phosphoric ester groups is 1. The molecule has 0 unspecified atom stereocenters. The maximum Gasteiger partial charge on any atom is 0.469 e. The van der Waals surface area contributed by atoms with Crippen molar-refractivity contribution in [2.75, 3.05) is 13.2 Å². The Morgan fingerprint density at radius 2 is 0.865 bits per heavy atom. The largest absolute Gasteiger partial charge is 0.469 e. The number of carbonyl (C=O) groups is 2. The van der Waals surface area contributed by atoms with Crippen LogP contribution in [0.1, 0.15) is 206 Å². The predicted molar refractivity (Wildman–Crippen MR) is 216 cm³/mol. The number of esters is 2. The van der Waals surface area contributed by atoms with Crippen molar-refractivity contribution in [2.45, 2.75) is 213 Å². The zero-order chi connectivity index (χ0) is 38.2. The van der Waals surface area contributed by atoms with Crippen LogP contribution in [0.25, 0.3) is 0 Å². The average Bonchev–Trinajstić information content (AvgIpc) is 3.11. The summed E-state index contributed by atoms with van der Waals surface area (Å²) in [5.41, 5.74) is 0. The first kappa shape index (κ1) is 50.3. The van der Waals surface area contributed by atoms with Gasteiger partial charge in [0.05, 0.1) is 6.61 Å². The molecule has 0 heterocycles. The van der Waals surface area contributed by atoms with E-state index in [0.717, 1.165) is 57.8 Å². The fourth-order valence-corrected chi connectivity index (χ4v) is 6.29. The quantitative estimate of drug-likeness (QED) is 0.0275. The molecule has 0 amide bonds. The van der Waals surface area contributed by atoms with Gasteiger partial charge < -0.3 is 19.3 Å². The number of phosphoric acid groups is 1. The highest BCUT2D eigenvalue weighted by Gasteiger charge is 2.22. The molecule has 0 aromatic heterocycles. The topological polar surface area (TPSA) is 119 Å². The summed E-state index contributed by atoms with van der Waals surface area (Å²) in [6.45, 7) is 3.65. The first-order valence-electron chi connectivity index (χ1n) is 21.3. The van der Waals surface area contributed by atoms with E-state index in [1.165, 1.54) is 116 Å². The zero-order valence-electron chi connectivity index (χ0n) is 33.5. The lowest BCUT2D eigenvalue weighted by Crippen LogP contribution is -2.29. The van der Waals surface area contributed by atoms with Gasteiger partial charge in [0.1, 0.15) is 6.61 Å². The summed E-state index contributed by atoms with van der Waals surface area (Å²) >= 11 is 0. The van der Waals surface area contributed by atoms with Gasteiger partial charge in [-0.3, -0.25) is 14.1 Å². The Balaban J connectivity index is 3.92. The summed E-state index contributed by atoms with van der Waals surface area (Å²) in [5, 5.41) is 0. The van der Waals surface area contributed by atoms with Crippen molar-refractivity contribution in [3.05, 3.63) is 36.5 Å². The summed E-state index contributed by atoms with van der Waals surface area (Å²) in [7, 11) is -4.76. The van der Waals surface area contributed by atoms with Crippen molar-refractivity contribution < 1.29 is 37.9 Å². The van der Waals surface area contributed by atoms with Crippen molar-refractivity contribution in [2.24, 2.45) is 0 Å². The fraction of sp³-hybridized carbons (Fsp3) is 0.814. The Kier molecular flexibility index (Phi) is 37.7. The SMILES string of the molecule is CCCCC/C=C/C/C=C/CCCCCCCCCCCC(=O)OC[C@H](COP(=O)(O)O)OC(=O)CCCC/C=C/CCCCCCCCCCC. The van der Waals surface area contributed by atoms with E-state index in [9.17, 15) is 14.2 Å². The lowest BCUT2D eigenvalue weighted by Gasteiger charge is -2.18. The Morgan fingerprint density at radius 3 is 1.37 bits per heavy atom. The van der Waals surface area contributed by atoms with Crippen LogP contribution in [0.3, 0.4) is 0 Å². The van der Waals surface area contributed by atoms with E-state index in [4.69, 9.17) is 19.3 Å². The molecule has 0 spiro atoms. The van der Waals surface area contributed by atoms with Gasteiger partial charge in [0.2, 0.25) is 0 Å². The molecular weight excluding hydrogens is 675 g/mol. The Bertz CT molecular complexity index is 941. The number of hydrogen-bond donors (Lipinski definition) is 2. The van der Waals surface area contributed by atoms with Crippen LogP contribution in [-0.4, -0.2) is 41.0 Å². The predicted octanol–water partition coefficient (Wildman–Crippen LogP) is 13.0. The molecule has 0 aromatic rings. The lowest BCUT2D eigenvalue weighted by molar-refractivity contribution is -0.161. The first-order valence-corrected chi connectivity index (χ1v) is 22.8. The number of rotatable bonds is 39. The van der Waals surface area contributed by atoms with Gasteiger partial charge in [-0.15, -0.1) is 0 Å². The van der Waals surface area contributed by atoms with Crippen molar-refractivity contribution in [3.63, 3.8) is 0 Å². The van der Waals surface area contributed by atoms with Gasteiger partial charge in [0.15, 0.2) is 6.10 Å². The molecule has 0 saturated carbocycles. The van der Waals surface area contributed by atoms with E-state index in [0.29, 0.717) is 6.42 Å². The van der Waals surface area contributed by atoms with E-state index in [-0.39, 0.29) is 19.4 Å². The number of allylic oxidation sites excluding steroid dienone is 6. The molecule has 52 heavy (non-hydrogen) atoms. The highest BCUT2D eigenvalue weighted by atomic mass is 31.2. The second-order valence-electron chi connectivity index (χ2n) is 14.3. The van der Waals surface area contributed by atoms with Crippen LogP contribution in [0.5, 0.6) is 0 Å². The van der Waals surface area contributed by atoms with Crippen LogP contribution in [-0.2, 0) is 28.2 Å². The van der Waals surface area contributed by atoms with Gasteiger partial charge in [0, 0.05) is 12.8 Å². The van der Waals surface area contributed by atoms with Crippen molar-refractivity contribution in [1.29, 1.82) is 0 Å². The smallest absolute Gasteiger partial charge is 0.462 e. The third-order valence-electron chi connectivity index (χ3n) is 9.13. The number of carbonyl (C=O) groups excluding carboxylic acids is 2. The van der Waals surface area contributed by atoms with Crippen LogP contribution in [0.4, 0.5) is 0 Å². The van der Waals surface area contributed by atoms with Crippen LogP contribution < -0.4 is 0 Å². The van der Waals surface area contributed by atoms with Gasteiger partial charge in [-0.2, -0.15) is 0 Å². The van der Waals surface area contributed by atoms with Crippen molar-refractivity contribution >= 4 is 19.8 Å². The molecule has 0 saturated heterocycles. The van der Waals surface area contributed by atoms with Crippen LogP contribution in [0, 0.1) is 0 Å². The summed E-state index contributed by atoms with van der Waals surface area (Å²) in [5.74, 6) is -0.911. The highest BCUT2D eigenvalue weighted by Crippen LogP contribution is 2.36. The molecule has 0 bridgehead atoms.